The first kappa shape index (κ1) is 10.1. The van der Waals surface area contributed by atoms with Gasteiger partial charge in [0.1, 0.15) is 0 Å². The average Bonchev–Trinajstić information content (AvgIpc) is 2.52. The van der Waals surface area contributed by atoms with Gasteiger partial charge in [-0.3, -0.25) is 0 Å². The first-order chi connectivity index (χ1) is 7.23. The number of rotatable bonds is 1. The standard InChI is InChI=1S/C14H17I/c15-14-8-4-7-13(11-14,9-10-14)12-5-2-1-3-6-12/h1-3,5-6H,4,7-11H2/t13-,14-/m1/s1. The maximum absolute atomic E-state index is 2.73. The summed E-state index contributed by atoms with van der Waals surface area (Å²) in [5, 5.41) is 0. The van der Waals surface area contributed by atoms with E-state index in [2.05, 4.69) is 52.9 Å². The normalized spacial score (nSPS) is 39.3. The van der Waals surface area contributed by atoms with Crippen molar-refractivity contribution in [2.24, 2.45) is 0 Å². The van der Waals surface area contributed by atoms with Crippen LogP contribution in [0.1, 0.15) is 44.1 Å². The van der Waals surface area contributed by atoms with Crippen molar-refractivity contribution in [1.29, 1.82) is 0 Å². The molecule has 1 aromatic carbocycles. The molecule has 0 radical (unpaired) electrons. The number of alkyl halides is 1. The average molecular weight is 312 g/mol. The zero-order chi connectivity index (χ0) is 10.4. The zero-order valence-corrected chi connectivity index (χ0v) is 11.2. The van der Waals surface area contributed by atoms with Crippen molar-refractivity contribution in [1.82, 2.24) is 0 Å². The summed E-state index contributed by atoms with van der Waals surface area (Å²) >= 11 is 2.73. The molecule has 2 aliphatic rings. The van der Waals surface area contributed by atoms with Crippen LogP contribution in [0.3, 0.4) is 0 Å². The molecule has 0 amide bonds. The fourth-order valence-corrected chi connectivity index (χ4v) is 4.98. The molecule has 1 heteroatoms. The van der Waals surface area contributed by atoms with Gasteiger partial charge in [-0.1, -0.05) is 59.3 Å². The molecule has 2 atom stereocenters. The summed E-state index contributed by atoms with van der Waals surface area (Å²) in [5.74, 6) is 0. The first-order valence-electron chi connectivity index (χ1n) is 5.97. The van der Waals surface area contributed by atoms with Crippen LogP contribution in [0.2, 0.25) is 0 Å². The highest BCUT2D eigenvalue weighted by atomic mass is 127. The van der Waals surface area contributed by atoms with Crippen molar-refractivity contribution < 1.29 is 0 Å². The Morgan fingerprint density at radius 1 is 0.933 bits per heavy atom. The minimum atomic E-state index is 0.542. The van der Waals surface area contributed by atoms with Gasteiger partial charge in [-0.15, -0.1) is 0 Å². The van der Waals surface area contributed by atoms with Crippen LogP contribution in [0.5, 0.6) is 0 Å². The Hall–Kier alpha value is -0.0500. The van der Waals surface area contributed by atoms with Gasteiger partial charge in [0.15, 0.2) is 0 Å². The van der Waals surface area contributed by atoms with Gasteiger partial charge in [-0.25, -0.2) is 0 Å². The molecule has 2 aliphatic carbocycles. The fraction of sp³-hybridized carbons (Fsp3) is 0.571. The van der Waals surface area contributed by atoms with E-state index < -0.39 is 0 Å². The van der Waals surface area contributed by atoms with Gasteiger partial charge in [-0.05, 0) is 43.1 Å². The third-order valence-electron chi connectivity index (χ3n) is 4.37. The summed E-state index contributed by atoms with van der Waals surface area (Å²) in [4.78, 5) is 0. The summed E-state index contributed by atoms with van der Waals surface area (Å²) in [5.41, 5.74) is 2.14. The monoisotopic (exact) mass is 312 g/mol. The van der Waals surface area contributed by atoms with Crippen LogP contribution < -0.4 is 0 Å². The Morgan fingerprint density at radius 3 is 2.53 bits per heavy atom. The second-order valence-corrected chi connectivity index (χ2v) is 7.62. The lowest BCUT2D eigenvalue weighted by Crippen LogP contribution is -2.31. The molecule has 0 aliphatic heterocycles. The summed E-state index contributed by atoms with van der Waals surface area (Å²) in [6.45, 7) is 0. The lowest BCUT2D eigenvalue weighted by molar-refractivity contribution is 0.332. The van der Waals surface area contributed by atoms with Gasteiger partial charge in [-0.2, -0.15) is 0 Å². The molecule has 0 aromatic heterocycles. The molecule has 15 heavy (non-hydrogen) atoms. The van der Waals surface area contributed by atoms with Crippen molar-refractivity contribution in [3.63, 3.8) is 0 Å². The van der Waals surface area contributed by atoms with Gasteiger partial charge in [0.05, 0.1) is 0 Å². The molecule has 0 heterocycles. The molecule has 1 aromatic rings. The molecule has 0 saturated heterocycles. The molecule has 2 saturated carbocycles. The summed E-state index contributed by atoms with van der Waals surface area (Å²) < 4.78 is 0.631. The lowest BCUT2D eigenvalue weighted by Gasteiger charge is -2.37. The van der Waals surface area contributed by atoms with Crippen molar-refractivity contribution >= 4 is 22.6 Å². The minimum Gasteiger partial charge on any atom is -0.0788 e. The van der Waals surface area contributed by atoms with E-state index in [1.807, 2.05) is 0 Å². The molecule has 0 nitrogen and oxygen atoms in total. The predicted octanol–water partition coefficient (Wildman–Crippen LogP) is 4.47. The quantitative estimate of drug-likeness (QED) is 0.530. The van der Waals surface area contributed by atoms with Gasteiger partial charge < -0.3 is 0 Å². The van der Waals surface area contributed by atoms with Crippen molar-refractivity contribution in [3.05, 3.63) is 35.9 Å². The van der Waals surface area contributed by atoms with E-state index in [4.69, 9.17) is 0 Å². The Bertz CT molecular complexity index is 359. The first-order valence-corrected chi connectivity index (χ1v) is 7.05. The van der Waals surface area contributed by atoms with Crippen LogP contribution in [-0.4, -0.2) is 3.42 Å². The van der Waals surface area contributed by atoms with Crippen molar-refractivity contribution in [2.75, 3.05) is 0 Å². The van der Waals surface area contributed by atoms with Crippen LogP contribution in [-0.2, 0) is 5.41 Å². The lowest BCUT2D eigenvalue weighted by atomic mass is 9.71. The molecule has 2 bridgehead atoms. The number of hydrogen-bond acceptors (Lipinski definition) is 0. The molecule has 80 valence electrons. The van der Waals surface area contributed by atoms with Crippen LogP contribution >= 0.6 is 22.6 Å². The van der Waals surface area contributed by atoms with Crippen LogP contribution in [0, 0.1) is 0 Å². The summed E-state index contributed by atoms with van der Waals surface area (Å²) in [7, 11) is 0. The van der Waals surface area contributed by atoms with E-state index in [0.29, 0.717) is 8.84 Å². The van der Waals surface area contributed by atoms with E-state index in [-0.39, 0.29) is 0 Å². The molecule has 0 unspecified atom stereocenters. The maximum Gasteiger partial charge on any atom is 0.0231 e. The van der Waals surface area contributed by atoms with E-state index in [1.165, 1.54) is 38.5 Å². The molecular formula is C14H17I. The Balaban J connectivity index is 1.99. The molecule has 3 rings (SSSR count). The number of hydrogen-bond donors (Lipinski definition) is 0. The Labute approximate surface area is 106 Å². The highest BCUT2D eigenvalue weighted by Crippen LogP contribution is 2.58. The van der Waals surface area contributed by atoms with E-state index in [1.54, 1.807) is 5.56 Å². The second kappa shape index (κ2) is 3.47. The van der Waals surface area contributed by atoms with E-state index in [9.17, 15) is 0 Å². The maximum atomic E-state index is 2.73. The second-order valence-electron chi connectivity index (χ2n) is 5.33. The van der Waals surface area contributed by atoms with Crippen LogP contribution in [0.15, 0.2) is 30.3 Å². The molecule has 0 N–H and O–H groups in total. The topological polar surface area (TPSA) is 0 Å². The minimum absolute atomic E-state index is 0.542. The predicted molar refractivity (Wildman–Crippen MR) is 72.6 cm³/mol. The van der Waals surface area contributed by atoms with Crippen molar-refractivity contribution in [3.8, 4) is 0 Å². The van der Waals surface area contributed by atoms with Gasteiger partial charge in [0.25, 0.3) is 0 Å². The highest BCUT2D eigenvalue weighted by molar-refractivity contribution is 14.1. The molecular weight excluding hydrogens is 295 g/mol. The van der Waals surface area contributed by atoms with E-state index >= 15 is 0 Å². The fourth-order valence-electron chi connectivity index (χ4n) is 3.60. The van der Waals surface area contributed by atoms with Gasteiger partial charge in [0, 0.05) is 3.42 Å². The SMILES string of the molecule is I[C@]12CCC[C@@](c3ccccc3)(CC1)C2. The Morgan fingerprint density at radius 2 is 1.73 bits per heavy atom. The number of halogens is 1. The Kier molecular flexibility index (Phi) is 2.35. The van der Waals surface area contributed by atoms with Crippen molar-refractivity contribution in [2.45, 2.75) is 47.4 Å². The number of benzene rings is 1. The summed E-state index contributed by atoms with van der Waals surface area (Å²) in [6, 6.07) is 11.2. The summed E-state index contributed by atoms with van der Waals surface area (Å²) in [6.07, 6.45) is 8.56. The zero-order valence-electron chi connectivity index (χ0n) is 9.01. The van der Waals surface area contributed by atoms with Crippen LogP contribution in [0.4, 0.5) is 0 Å². The largest absolute Gasteiger partial charge is 0.0788 e. The molecule has 0 spiro atoms. The molecule has 2 fully saturated rings. The smallest absolute Gasteiger partial charge is 0.0231 e. The third kappa shape index (κ3) is 1.63. The van der Waals surface area contributed by atoms with E-state index in [0.717, 1.165) is 0 Å². The van der Waals surface area contributed by atoms with Gasteiger partial charge >= 0.3 is 0 Å². The van der Waals surface area contributed by atoms with Gasteiger partial charge in [0.2, 0.25) is 0 Å². The number of fused-ring (bicyclic) bond motifs is 2. The third-order valence-corrected chi connectivity index (χ3v) is 5.83. The highest BCUT2D eigenvalue weighted by Gasteiger charge is 2.50. The van der Waals surface area contributed by atoms with Crippen LogP contribution in [0.25, 0.3) is 0 Å².